The van der Waals surface area contributed by atoms with Crippen LogP contribution in [0.1, 0.15) is 16.8 Å². The Morgan fingerprint density at radius 1 is 1.10 bits per heavy atom. The molecule has 0 unspecified atom stereocenters. The van der Waals surface area contributed by atoms with Gasteiger partial charge < -0.3 is 0 Å². The van der Waals surface area contributed by atoms with Crippen LogP contribution in [0.2, 0.25) is 0 Å². The van der Waals surface area contributed by atoms with Crippen molar-refractivity contribution in [3.05, 3.63) is 65.2 Å². The van der Waals surface area contributed by atoms with Gasteiger partial charge in [0.05, 0.1) is 16.8 Å². The van der Waals surface area contributed by atoms with Crippen LogP contribution in [0, 0.1) is 17.1 Å². The van der Waals surface area contributed by atoms with Gasteiger partial charge in [0.15, 0.2) is 0 Å². The molecule has 0 atom stereocenters. The van der Waals surface area contributed by atoms with Gasteiger partial charge in [-0.3, -0.25) is 4.98 Å². The molecule has 0 saturated carbocycles. The van der Waals surface area contributed by atoms with Crippen LogP contribution >= 0.6 is 0 Å². The molecule has 0 aliphatic carbocycles. The van der Waals surface area contributed by atoms with Crippen molar-refractivity contribution in [2.24, 2.45) is 0 Å². The summed E-state index contributed by atoms with van der Waals surface area (Å²) in [5.41, 5.74) is -0.120. The standard InChI is InChI=1S/C15H8F4N2/c16-13-4-1-10(2-5-13)7-11(8-20)14-6-3-12(9-21-14)15(17,18)19/h1-7,9H/b11-7+. The van der Waals surface area contributed by atoms with Gasteiger partial charge in [0.2, 0.25) is 0 Å². The minimum absolute atomic E-state index is 0.0929. The van der Waals surface area contributed by atoms with E-state index in [0.29, 0.717) is 11.8 Å². The molecule has 2 nitrogen and oxygen atoms in total. The summed E-state index contributed by atoms with van der Waals surface area (Å²) in [6.45, 7) is 0. The van der Waals surface area contributed by atoms with E-state index in [9.17, 15) is 17.6 Å². The largest absolute Gasteiger partial charge is 0.417 e. The Balaban J connectivity index is 2.34. The number of nitrogens with zero attached hydrogens (tertiary/aromatic N) is 2. The van der Waals surface area contributed by atoms with Crippen LogP contribution in [0.4, 0.5) is 17.6 Å². The summed E-state index contributed by atoms with van der Waals surface area (Å²) in [6.07, 6.45) is -2.38. The highest BCUT2D eigenvalue weighted by Crippen LogP contribution is 2.29. The molecule has 2 rings (SSSR count). The third-order valence-corrected chi connectivity index (χ3v) is 2.67. The molecule has 2 aromatic rings. The maximum absolute atomic E-state index is 12.8. The zero-order chi connectivity index (χ0) is 15.5. The molecule has 0 amide bonds. The molecule has 0 bridgehead atoms. The van der Waals surface area contributed by atoms with Crippen molar-refractivity contribution in [1.29, 1.82) is 5.26 Å². The number of benzene rings is 1. The molecule has 0 saturated heterocycles. The van der Waals surface area contributed by atoms with Crippen LogP contribution in [0.15, 0.2) is 42.6 Å². The van der Waals surface area contributed by atoms with Crippen LogP contribution in [-0.2, 0) is 6.18 Å². The summed E-state index contributed by atoms with van der Waals surface area (Å²) in [5, 5.41) is 9.07. The van der Waals surface area contributed by atoms with E-state index in [2.05, 4.69) is 4.98 Å². The first kappa shape index (κ1) is 14.7. The van der Waals surface area contributed by atoms with Gasteiger partial charge in [-0.25, -0.2) is 4.39 Å². The topological polar surface area (TPSA) is 36.7 Å². The molecule has 0 radical (unpaired) electrons. The first-order valence-corrected chi connectivity index (χ1v) is 5.81. The molecule has 0 N–H and O–H groups in total. The summed E-state index contributed by atoms with van der Waals surface area (Å²) in [4.78, 5) is 3.65. The average molecular weight is 292 g/mol. The Morgan fingerprint density at radius 2 is 1.76 bits per heavy atom. The van der Waals surface area contributed by atoms with Gasteiger partial charge >= 0.3 is 6.18 Å². The van der Waals surface area contributed by atoms with Gasteiger partial charge in [-0.2, -0.15) is 18.4 Å². The molecule has 1 aromatic carbocycles. The van der Waals surface area contributed by atoms with Gasteiger partial charge in [0.25, 0.3) is 0 Å². The van der Waals surface area contributed by atoms with Gasteiger partial charge in [-0.05, 0) is 35.9 Å². The van der Waals surface area contributed by atoms with E-state index in [1.807, 2.05) is 6.07 Å². The van der Waals surface area contributed by atoms with Gasteiger partial charge in [0.1, 0.15) is 11.9 Å². The Labute approximate surface area is 118 Å². The van der Waals surface area contributed by atoms with Gasteiger partial charge in [0, 0.05) is 6.20 Å². The minimum Gasteiger partial charge on any atom is -0.255 e. The molecular formula is C15H8F4N2. The van der Waals surface area contributed by atoms with E-state index in [0.717, 1.165) is 12.1 Å². The van der Waals surface area contributed by atoms with Crippen molar-refractivity contribution in [2.75, 3.05) is 0 Å². The molecule has 0 aliphatic heterocycles. The number of alkyl halides is 3. The zero-order valence-electron chi connectivity index (χ0n) is 10.5. The summed E-state index contributed by atoms with van der Waals surface area (Å²) in [5.74, 6) is -0.418. The Hall–Kier alpha value is -2.68. The fraction of sp³-hybridized carbons (Fsp3) is 0.0667. The lowest BCUT2D eigenvalue weighted by molar-refractivity contribution is -0.137. The molecule has 1 aromatic heterocycles. The molecule has 0 fully saturated rings. The molecule has 0 aliphatic rings. The minimum atomic E-state index is -4.47. The maximum Gasteiger partial charge on any atom is 0.417 e. The molecule has 6 heteroatoms. The number of halogens is 4. The van der Waals surface area contributed by atoms with Crippen molar-refractivity contribution in [3.8, 4) is 6.07 Å². The Morgan fingerprint density at radius 3 is 2.24 bits per heavy atom. The zero-order valence-corrected chi connectivity index (χ0v) is 10.5. The van der Waals surface area contributed by atoms with Crippen molar-refractivity contribution in [1.82, 2.24) is 4.98 Å². The quantitative estimate of drug-likeness (QED) is 0.611. The van der Waals surface area contributed by atoms with Crippen LogP contribution in [0.25, 0.3) is 11.6 Å². The maximum atomic E-state index is 12.8. The highest BCUT2D eigenvalue weighted by Gasteiger charge is 2.30. The van der Waals surface area contributed by atoms with Crippen LogP contribution in [0.5, 0.6) is 0 Å². The van der Waals surface area contributed by atoms with Gasteiger partial charge in [-0.15, -0.1) is 0 Å². The summed E-state index contributed by atoms with van der Waals surface area (Å²) < 4.78 is 50.1. The SMILES string of the molecule is N#C/C(=C\c1ccc(F)cc1)c1ccc(C(F)(F)F)cn1. The lowest BCUT2D eigenvalue weighted by Crippen LogP contribution is -2.05. The first-order valence-electron chi connectivity index (χ1n) is 5.81. The molecule has 0 spiro atoms. The number of nitriles is 1. The third-order valence-electron chi connectivity index (χ3n) is 2.67. The Bertz CT molecular complexity index is 692. The second-order valence-electron chi connectivity index (χ2n) is 4.15. The number of allylic oxidation sites excluding steroid dienone is 1. The predicted octanol–water partition coefficient (Wildman–Crippen LogP) is 4.30. The smallest absolute Gasteiger partial charge is 0.255 e. The van der Waals surface area contributed by atoms with Crippen molar-refractivity contribution < 1.29 is 17.6 Å². The fourth-order valence-corrected chi connectivity index (χ4v) is 1.61. The lowest BCUT2D eigenvalue weighted by atomic mass is 10.1. The first-order chi connectivity index (χ1) is 9.90. The Kier molecular flexibility index (Phi) is 4.03. The highest BCUT2D eigenvalue weighted by molar-refractivity contribution is 5.88. The summed E-state index contributed by atoms with van der Waals surface area (Å²) in [7, 11) is 0. The van der Waals surface area contributed by atoms with E-state index in [-0.39, 0.29) is 11.3 Å². The number of hydrogen-bond acceptors (Lipinski definition) is 2. The molecule has 106 valence electrons. The van der Waals surface area contributed by atoms with Crippen LogP contribution in [-0.4, -0.2) is 4.98 Å². The lowest BCUT2D eigenvalue weighted by Gasteiger charge is -2.06. The number of pyridine rings is 1. The summed E-state index contributed by atoms with van der Waals surface area (Å²) in [6, 6.07) is 9.21. The van der Waals surface area contributed by atoms with Crippen LogP contribution in [0.3, 0.4) is 0 Å². The van der Waals surface area contributed by atoms with E-state index < -0.39 is 17.6 Å². The predicted molar refractivity (Wildman–Crippen MR) is 69.1 cm³/mol. The molecule has 21 heavy (non-hydrogen) atoms. The van der Waals surface area contributed by atoms with Gasteiger partial charge in [-0.1, -0.05) is 12.1 Å². The van der Waals surface area contributed by atoms with Crippen molar-refractivity contribution in [3.63, 3.8) is 0 Å². The normalized spacial score (nSPS) is 12.0. The molecule has 1 heterocycles. The fourth-order valence-electron chi connectivity index (χ4n) is 1.61. The number of rotatable bonds is 2. The highest BCUT2D eigenvalue weighted by atomic mass is 19.4. The number of hydrogen-bond donors (Lipinski definition) is 0. The van der Waals surface area contributed by atoms with E-state index >= 15 is 0 Å². The monoisotopic (exact) mass is 292 g/mol. The van der Waals surface area contributed by atoms with E-state index in [1.54, 1.807) is 0 Å². The summed E-state index contributed by atoms with van der Waals surface area (Å²) >= 11 is 0. The second-order valence-corrected chi connectivity index (χ2v) is 4.15. The van der Waals surface area contributed by atoms with E-state index in [1.165, 1.54) is 30.3 Å². The number of aromatic nitrogens is 1. The second kappa shape index (κ2) is 5.75. The van der Waals surface area contributed by atoms with Crippen molar-refractivity contribution >= 4 is 11.6 Å². The third kappa shape index (κ3) is 3.66. The molecular weight excluding hydrogens is 284 g/mol. The average Bonchev–Trinajstić information content (AvgIpc) is 2.46. The van der Waals surface area contributed by atoms with E-state index in [4.69, 9.17) is 5.26 Å². The van der Waals surface area contributed by atoms with Crippen LogP contribution < -0.4 is 0 Å². The van der Waals surface area contributed by atoms with Crippen molar-refractivity contribution in [2.45, 2.75) is 6.18 Å².